The molecular weight excluding hydrogens is 278 g/mol. The van der Waals surface area contributed by atoms with Crippen molar-refractivity contribution in [1.82, 2.24) is 4.90 Å². The molecule has 5 heteroatoms. The minimum atomic E-state index is -0.795. The average Bonchev–Trinajstić information content (AvgIpc) is 2.49. The summed E-state index contributed by atoms with van der Waals surface area (Å²) < 4.78 is 0. The largest absolute Gasteiger partial charge is 0.335 e. The third kappa shape index (κ3) is 4.07. The first-order valence-corrected chi connectivity index (χ1v) is 7.82. The Bertz CT molecular complexity index is 533. The van der Waals surface area contributed by atoms with Crippen LogP contribution in [0.1, 0.15) is 37.7 Å². The number of hydrogen-bond acceptors (Lipinski definition) is 3. The molecule has 22 heavy (non-hydrogen) atoms. The van der Waals surface area contributed by atoms with E-state index < -0.39 is 5.54 Å². The number of nitrogens with zero attached hydrogens (tertiary/aromatic N) is 1. The molecule has 2 amide bonds. The number of benzene rings is 1. The first-order chi connectivity index (χ1) is 10.4. The van der Waals surface area contributed by atoms with E-state index in [1.54, 1.807) is 7.05 Å². The molecule has 0 spiro atoms. The van der Waals surface area contributed by atoms with Gasteiger partial charge in [0.1, 0.15) is 0 Å². The van der Waals surface area contributed by atoms with Gasteiger partial charge in [-0.1, -0.05) is 37.0 Å². The van der Waals surface area contributed by atoms with E-state index in [1.165, 1.54) is 4.90 Å². The molecule has 0 unspecified atom stereocenters. The van der Waals surface area contributed by atoms with E-state index in [0.29, 0.717) is 12.8 Å². The first-order valence-electron chi connectivity index (χ1n) is 7.82. The highest BCUT2D eigenvalue weighted by Crippen LogP contribution is 2.27. The number of hydrogen-bond donors (Lipinski definition) is 2. The number of aryl methyl sites for hydroxylation is 1. The summed E-state index contributed by atoms with van der Waals surface area (Å²) >= 11 is 0. The standard InChI is InChI=1S/C17H25N3O2/c1-13-6-8-14(9-7-13)19-15(21)12-20(2)16(22)17(18)10-4-3-5-11-17/h6-9H,3-5,10-12,18H2,1-2H3,(H,19,21). The number of nitrogens with one attached hydrogen (secondary N) is 1. The monoisotopic (exact) mass is 303 g/mol. The SMILES string of the molecule is Cc1ccc(NC(=O)CN(C)C(=O)C2(N)CCCCC2)cc1. The van der Waals surface area contributed by atoms with Gasteiger partial charge in [0.25, 0.3) is 0 Å². The Morgan fingerprint density at radius 3 is 2.36 bits per heavy atom. The van der Waals surface area contributed by atoms with Crippen LogP contribution in [0, 0.1) is 6.92 Å². The van der Waals surface area contributed by atoms with Crippen molar-refractivity contribution >= 4 is 17.5 Å². The van der Waals surface area contributed by atoms with E-state index >= 15 is 0 Å². The minimum absolute atomic E-state index is 0.0195. The third-order valence-corrected chi connectivity index (χ3v) is 4.23. The Labute approximate surface area is 131 Å². The highest BCUT2D eigenvalue weighted by atomic mass is 16.2. The first kappa shape index (κ1) is 16.5. The van der Waals surface area contributed by atoms with Crippen LogP contribution in [0.5, 0.6) is 0 Å². The van der Waals surface area contributed by atoms with Crippen LogP contribution >= 0.6 is 0 Å². The summed E-state index contributed by atoms with van der Waals surface area (Å²) in [5.41, 5.74) is 7.30. The maximum absolute atomic E-state index is 12.5. The van der Waals surface area contributed by atoms with Gasteiger partial charge in [-0.25, -0.2) is 0 Å². The zero-order valence-electron chi connectivity index (χ0n) is 13.4. The molecule has 2 rings (SSSR count). The van der Waals surface area contributed by atoms with Crippen LogP contribution in [0.15, 0.2) is 24.3 Å². The Kier molecular flexibility index (Phi) is 5.19. The summed E-state index contributed by atoms with van der Waals surface area (Å²) in [7, 11) is 1.64. The van der Waals surface area contributed by atoms with Crippen LogP contribution in [-0.4, -0.2) is 35.8 Å². The fourth-order valence-electron chi connectivity index (χ4n) is 2.90. The lowest BCUT2D eigenvalue weighted by molar-refractivity contribution is -0.139. The third-order valence-electron chi connectivity index (χ3n) is 4.23. The second-order valence-electron chi connectivity index (χ2n) is 6.29. The van der Waals surface area contributed by atoms with Crippen molar-refractivity contribution in [2.24, 2.45) is 5.73 Å². The lowest BCUT2D eigenvalue weighted by Gasteiger charge is -2.35. The smallest absolute Gasteiger partial charge is 0.243 e. The van der Waals surface area contributed by atoms with Gasteiger partial charge in [-0.15, -0.1) is 0 Å². The molecule has 0 bridgehead atoms. The summed E-state index contributed by atoms with van der Waals surface area (Å²) in [5.74, 6) is -0.342. The fraction of sp³-hybridized carbons (Fsp3) is 0.529. The number of carbonyl (C=O) groups is 2. The second-order valence-corrected chi connectivity index (χ2v) is 6.29. The van der Waals surface area contributed by atoms with Crippen molar-refractivity contribution in [2.75, 3.05) is 18.9 Å². The lowest BCUT2D eigenvalue weighted by Crippen LogP contribution is -2.56. The molecule has 1 saturated carbocycles. The molecular formula is C17H25N3O2. The van der Waals surface area contributed by atoms with Crippen LogP contribution in [0.3, 0.4) is 0 Å². The van der Waals surface area contributed by atoms with Crippen LogP contribution in [0.2, 0.25) is 0 Å². The number of nitrogens with two attached hydrogens (primary N) is 1. The minimum Gasteiger partial charge on any atom is -0.335 e. The molecule has 3 N–H and O–H groups in total. The predicted molar refractivity (Wildman–Crippen MR) is 87.4 cm³/mol. The number of likely N-dealkylation sites (N-methyl/N-ethyl adjacent to an activating group) is 1. The molecule has 0 saturated heterocycles. The van der Waals surface area contributed by atoms with E-state index in [2.05, 4.69) is 5.32 Å². The number of carbonyl (C=O) groups excluding carboxylic acids is 2. The zero-order chi connectivity index (χ0) is 16.2. The fourth-order valence-corrected chi connectivity index (χ4v) is 2.90. The van der Waals surface area contributed by atoms with Gasteiger partial charge in [0.15, 0.2) is 0 Å². The van der Waals surface area contributed by atoms with Crippen LogP contribution < -0.4 is 11.1 Å². The molecule has 0 radical (unpaired) electrons. The van der Waals surface area contributed by atoms with E-state index in [-0.39, 0.29) is 18.4 Å². The van der Waals surface area contributed by atoms with Gasteiger partial charge in [0.05, 0.1) is 12.1 Å². The highest BCUT2D eigenvalue weighted by Gasteiger charge is 2.37. The Morgan fingerprint density at radius 1 is 1.18 bits per heavy atom. The van der Waals surface area contributed by atoms with Crippen molar-refractivity contribution < 1.29 is 9.59 Å². The lowest BCUT2D eigenvalue weighted by atomic mass is 9.81. The molecule has 1 fully saturated rings. The number of amides is 2. The predicted octanol–water partition coefficient (Wildman–Crippen LogP) is 2.05. The van der Waals surface area contributed by atoms with Gasteiger partial charge in [0.2, 0.25) is 11.8 Å². The quantitative estimate of drug-likeness (QED) is 0.894. The van der Waals surface area contributed by atoms with Crippen molar-refractivity contribution in [2.45, 2.75) is 44.6 Å². The van der Waals surface area contributed by atoms with Gasteiger partial charge < -0.3 is 16.0 Å². The maximum Gasteiger partial charge on any atom is 0.243 e. The van der Waals surface area contributed by atoms with Crippen LogP contribution in [-0.2, 0) is 9.59 Å². The van der Waals surface area contributed by atoms with E-state index in [0.717, 1.165) is 30.5 Å². The van der Waals surface area contributed by atoms with Crippen molar-refractivity contribution in [3.8, 4) is 0 Å². The summed E-state index contributed by atoms with van der Waals surface area (Å²) in [6.07, 6.45) is 4.49. The Morgan fingerprint density at radius 2 is 1.77 bits per heavy atom. The van der Waals surface area contributed by atoms with Crippen LogP contribution in [0.4, 0.5) is 5.69 Å². The van der Waals surface area contributed by atoms with E-state index in [4.69, 9.17) is 5.73 Å². The van der Waals surface area contributed by atoms with Gasteiger partial charge in [-0.3, -0.25) is 9.59 Å². The molecule has 1 aromatic rings. The second kappa shape index (κ2) is 6.92. The number of rotatable bonds is 4. The summed E-state index contributed by atoms with van der Waals surface area (Å²) in [5, 5.41) is 2.80. The molecule has 5 nitrogen and oxygen atoms in total. The molecule has 1 aliphatic rings. The average molecular weight is 303 g/mol. The molecule has 120 valence electrons. The van der Waals surface area contributed by atoms with Crippen LogP contribution in [0.25, 0.3) is 0 Å². The summed E-state index contributed by atoms with van der Waals surface area (Å²) in [6.45, 7) is 2.01. The molecule has 0 heterocycles. The van der Waals surface area contributed by atoms with Gasteiger partial charge in [0, 0.05) is 12.7 Å². The molecule has 0 aromatic heterocycles. The zero-order valence-corrected chi connectivity index (χ0v) is 13.4. The number of anilines is 1. The highest BCUT2D eigenvalue weighted by molar-refractivity contribution is 5.96. The topological polar surface area (TPSA) is 75.4 Å². The van der Waals surface area contributed by atoms with Crippen molar-refractivity contribution in [3.05, 3.63) is 29.8 Å². The molecule has 0 aliphatic heterocycles. The summed E-state index contributed by atoms with van der Waals surface area (Å²) in [4.78, 5) is 26.0. The van der Waals surface area contributed by atoms with Gasteiger partial charge >= 0.3 is 0 Å². The Hall–Kier alpha value is -1.88. The molecule has 0 atom stereocenters. The van der Waals surface area contributed by atoms with Gasteiger partial charge in [-0.2, -0.15) is 0 Å². The van der Waals surface area contributed by atoms with Crippen molar-refractivity contribution in [1.29, 1.82) is 0 Å². The summed E-state index contributed by atoms with van der Waals surface area (Å²) in [6, 6.07) is 7.56. The normalized spacial score (nSPS) is 16.9. The molecule has 1 aromatic carbocycles. The van der Waals surface area contributed by atoms with Gasteiger partial charge in [-0.05, 0) is 31.9 Å². The van der Waals surface area contributed by atoms with E-state index in [1.807, 2.05) is 31.2 Å². The van der Waals surface area contributed by atoms with E-state index in [9.17, 15) is 9.59 Å². The van der Waals surface area contributed by atoms with Crippen molar-refractivity contribution in [3.63, 3.8) is 0 Å². The molecule has 1 aliphatic carbocycles. The maximum atomic E-state index is 12.5. The Balaban J connectivity index is 1.90.